The molecule has 0 aliphatic carbocycles. The van der Waals surface area contributed by atoms with Crippen molar-refractivity contribution >= 4 is 0 Å². The Balaban J connectivity index is 2.44. The monoisotopic (exact) mass is 210 g/mol. The average Bonchev–Trinajstić information content (AvgIpc) is 2.21. The topological polar surface area (TPSA) is 29.3 Å². The maximum atomic E-state index is 12.7. The summed E-state index contributed by atoms with van der Waals surface area (Å²) in [7, 11) is 2.03. The van der Waals surface area contributed by atoms with E-state index in [2.05, 4.69) is 11.8 Å². The molecular weight excluding hydrogens is 191 g/mol. The second kappa shape index (κ2) is 5.83. The van der Waals surface area contributed by atoms with Crippen LogP contribution >= 0.6 is 0 Å². The lowest BCUT2D eigenvalue weighted by Crippen LogP contribution is -2.34. The lowest BCUT2D eigenvalue weighted by atomic mass is 10.2. The van der Waals surface area contributed by atoms with E-state index in [1.54, 1.807) is 0 Å². The lowest BCUT2D eigenvalue weighted by Gasteiger charge is -2.20. The predicted molar refractivity (Wildman–Crippen MR) is 61.0 cm³/mol. The quantitative estimate of drug-likeness (QED) is 0.805. The zero-order valence-corrected chi connectivity index (χ0v) is 9.41. The van der Waals surface area contributed by atoms with Crippen molar-refractivity contribution in [2.45, 2.75) is 25.9 Å². The van der Waals surface area contributed by atoms with E-state index in [0.29, 0.717) is 0 Å². The van der Waals surface area contributed by atoms with Crippen molar-refractivity contribution in [3.05, 3.63) is 35.6 Å². The molecule has 0 radical (unpaired) electrons. The van der Waals surface area contributed by atoms with E-state index in [0.717, 1.165) is 25.1 Å². The summed E-state index contributed by atoms with van der Waals surface area (Å²) in [5.41, 5.74) is 6.96. The summed E-state index contributed by atoms with van der Waals surface area (Å²) in [6.07, 6.45) is 0.980. The van der Waals surface area contributed by atoms with Gasteiger partial charge in [-0.05, 0) is 31.2 Å². The maximum Gasteiger partial charge on any atom is 0.123 e. The molecule has 0 saturated carbocycles. The van der Waals surface area contributed by atoms with Crippen molar-refractivity contribution in [1.82, 2.24) is 4.90 Å². The van der Waals surface area contributed by atoms with E-state index in [4.69, 9.17) is 5.73 Å². The minimum absolute atomic E-state index is 0.188. The minimum Gasteiger partial charge on any atom is -0.327 e. The van der Waals surface area contributed by atoms with Crippen LogP contribution < -0.4 is 5.73 Å². The molecule has 0 saturated heterocycles. The molecule has 0 aromatic heterocycles. The van der Waals surface area contributed by atoms with Gasteiger partial charge in [0.1, 0.15) is 5.82 Å². The fraction of sp³-hybridized carbons (Fsp3) is 0.500. The van der Waals surface area contributed by atoms with Crippen molar-refractivity contribution in [2.75, 3.05) is 13.6 Å². The van der Waals surface area contributed by atoms with Gasteiger partial charge < -0.3 is 10.6 Å². The van der Waals surface area contributed by atoms with Crippen molar-refractivity contribution in [3.8, 4) is 0 Å². The van der Waals surface area contributed by atoms with Crippen LogP contribution in [0.3, 0.4) is 0 Å². The number of hydrogen-bond donors (Lipinski definition) is 1. The molecular formula is C12H19FN2. The van der Waals surface area contributed by atoms with E-state index in [1.807, 2.05) is 19.2 Å². The van der Waals surface area contributed by atoms with Gasteiger partial charge in [-0.3, -0.25) is 0 Å². The predicted octanol–water partition coefficient (Wildman–Crippen LogP) is 1.99. The van der Waals surface area contributed by atoms with Crippen LogP contribution in [0.15, 0.2) is 24.3 Å². The number of nitrogens with zero attached hydrogens (tertiary/aromatic N) is 1. The van der Waals surface area contributed by atoms with Crippen LogP contribution in [-0.2, 0) is 6.54 Å². The van der Waals surface area contributed by atoms with E-state index >= 15 is 0 Å². The number of halogens is 1. The Morgan fingerprint density at radius 1 is 1.33 bits per heavy atom. The van der Waals surface area contributed by atoms with Crippen LogP contribution in [0.25, 0.3) is 0 Å². The fourth-order valence-electron chi connectivity index (χ4n) is 1.50. The van der Waals surface area contributed by atoms with Gasteiger partial charge in [0.25, 0.3) is 0 Å². The molecule has 0 spiro atoms. The van der Waals surface area contributed by atoms with Crippen LogP contribution in [0.2, 0.25) is 0 Å². The first-order valence-electron chi connectivity index (χ1n) is 5.30. The van der Waals surface area contributed by atoms with E-state index in [-0.39, 0.29) is 11.9 Å². The molecule has 2 nitrogen and oxygen atoms in total. The first-order chi connectivity index (χ1) is 7.11. The van der Waals surface area contributed by atoms with Crippen molar-refractivity contribution in [3.63, 3.8) is 0 Å². The molecule has 0 aliphatic rings. The molecule has 1 atom stereocenters. The second-order valence-corrected chi connectivity index (χ2v) is 3.99. The van der Waals surface area contributed by atoms with E-state index in [1.165, 1.54) is 12.1 Å². The van der Waals surface area contributed by atoms with Crippen LogP contribution in [0, 0.1) is 5.82 Å². The molecule has 0 bridgehead atoms. The zero-order valence-electron chi connectivity index (χ0n) is 9.41. The SMILES string of the molecule is CCC(N)CN(C)Cc1ccc(F)cc1. The standard InChI is InChI=1S/C12H19FN2/c1-3-12(14)9-15(2)8-10-4-6-11(13)7-5-10/h4-7,12H,3,8-9,14H2,1-2H3. The Morgan fingerprint density at radius 2 is 1.93 bits per heavy atom. The van der Waals surface area contributed by atoms with Gasteiger partial charge in [-0.2, -0.15) is 0 Å². The summed E-state index contributed by atoms with van der Waals surface area (Å²) < 4.78 is 12.7. The summed E-state index contributed by atoms with van der Waals surface area (Å²) in [6, 6.07) is 6.81. The Hall–Kier alpha value is -0.930. The van der Waals surface area contributed by atoms with Gasteiger partial charge >= 0.3 is 0 Å². The largest absolute Gasteiger partial charge is 0.327 e. The third-order valence-corrected chi connectivity index (χ3v) is 2.44. The summed E-state index contributed by atoms with van der Waals surface area (Å²) in [6.45, 7) is 3.76. The second-order valence-electron chi connectivity index (χ2n) is 3.99. The smallest absolute Gasteiger partial charge is 0.123 e. The molecule has 2 N–H and O–H groups in total. The zero-order chi connectivity index (χ0) is 11.3. The summed E-state index contributed by atoms with van der Waals surface area (Å²) in [5, 5.41) is 0. The maximum absolute atomic E-state index is 12.7. The molecule has 0 amide bonds. The Morgan fingerprint density at radius 3 is 2.47 bits per heavy atom. The van der Waals surface area contributed by atoms with Crippen LogP contribution in [-0.4, -0.2) is 24.5 Å². The highest BCUT2D eigenvalue weighted by molar-refractivity contribution is 5.15. The van der Waals surface area contributed by atoms with Crippen LogP contribution in [0.1, 0.15) is 18.9 Å². The average molecular weight is 210 g/mol. The highest BCUT2D eigenvalue weighted by Gasteiger charge is 2.05. The lowest BCUT2D eigenvalue weighted by molar-refractivity contribution is 0.300. The van der Waals surface area contributed by atoms with Crippen LogP contribution in [0.5, 0.6) is 0 Å². The molecule has 1 aromatic rings. The molecule has 0 aliphatic heterocycles. The van der Waals surface area contributed by atoms with Gasteiger partial charge in [-0.1, -0.05) is 19.1 Å². The molecule has 1 unspecified atom stereocenters. The Labute approximate surface area is 90.9 Å². The first kappa shape index (κ1) is 12.1. The third kappa shape index (κ3) is 4.40. The van der Waals surface area contributed by atoms with Gasteiger partial charge in [-0.15, -0.1) is 0 Å². The number of nitrogens with two attached hydrogens (primary N) is 1. The van der Waals surface area contributed by atoms with Gasteiger partial charge in [0.15, 0.2) is 0 Å². The fourth-order valence-corrected chi connectivity index (χ4v) is 1.50. The molecule has 0 fully saturated rings. The molecule has 0 heterocycles. The van der Waals surface area contributed by atoms with Crippen molar-refractivity contribution in [2.24, 2.45) is 5.73 Å². The minimum atomic E-state index is -0.188. The van der Waals surface area contributed by atoms with Crippen molar-refractivity contribution < 1.29 is 4.39 Å². The molecule has 1 aromatic carbocycles. The normalized spacial score (nSPS) is 13.1. The molecule has 1 rings (SSSR count). The van der Waals surface area contributed by atoms with Gasteiger partial charge in [-0.25, -0.2) is 4.39 Å². The third-order valence-electron chi connectivity index (χ3n) is 2.44. The van der Waals surface area contributed by atoms with E-state index in [9.17, 15) is 4.39 Å². The van der Waals surface area contributed by atoms with E-state index < -0.39 is 0 Å². The number of benzene rings is 1. The van der Waals surface area contributed by atoms with Crippen molar-refractivity contribution in [1.29, 1.82) is 0 Å². The molecule has 3 heteroatoms. The number of hydrogen-bond acceptors (Lipinski definition) is 2. The molecule has 15 heavy (non-hydrogen) atoms. The van der Waals surface area contributed by atoms with Gasteiger partial charge in [0, 0.05) is 19.1 Å². The summed E-state index contributed by atoms with van der Waals surface area (Å²) in [4.78, 5) is 2.15. The van der Waals surface area contributed by atoms with Gasteiger partial charge in [0.2, 0.25) is 0 Å². The number of likely N-dealkylation sites (N-methyl/N-ethyl adjacent to an activating group) is 1. The Bertz CT molecular complexity index is 284. The highest BCUT2D eigenvalue weighted by atomic mass is 19.1. The van der Waals surface area contributed by atoms with Crippen LogP contribution in [0.4, 0.5) is 4.39 Å². The summed E-state index contributed by atoms with van der Waals surface area (Å²) in [5.74, 6) is -0.188. The first-order valence-corrected chi connectivity index (χ1v) is 5.30. The van der Waals surface area contributed by atoms with Gasteiger partial charge in [0.05, 0.1) is 0 Å². The Kier molecular flexibility index (Phi) is 4.72. The summed E-state index contributed by atoms with van der Waals surface area (Å²) >= 11 is 0. The highest BCUT2D eigenvalue weighted by Crippen LogP contribution is 2.05. The molecule has 84 valence electrons. The number of rotatable bonds is 5.